The van der Waals surface area contributed by atoms with Gasteiger partial charge >= 0.3 is 4.87 Å². The van der Waals surface area contributed by atoms with E-state index in [-0.39, 0.29) is 34.5 Å². The van der Waals surface area contributed by atoms with Crippen LogP contribution in [0.5, 0.6) is 5.75 Å². The molecule has 1 unspecified atom stereocenters. The summed E-state index contributed by atoms with van der Waals surface area (Å²) in [5.41, 5.74) is 0.658. The largest absolute Gasteiger partial charge is 0.495 e. The summed E-state index contributed by atoms with van der Waals surface area (Å²) in [7, 11) is -2.76. The van der Waals surface area contributed by atoms with E-state index in [0.717, 1.165) is 33.5 Å². The fourth-order valence-corrected chi connectivity index (χ4v) is 6.09. The van der Waals surface area contributed by atoms with E-state index in [1.807, 2.05) is 13.8 Å². The quantitative estimate of drug-likeness (QED) is 0.333. The van der Waals surface area contributed by atoms with Crippen LogP contribution < -0.4 is 19.2 Å². The third-order valence-electron chi connectivity index (χ3n) is 5.34. The smallest absolute Gasteiger partial charge is 0.308 e. The summed E-state index contributed by atoms with van der Waals surface area (Å²) in [6, 6.07) is 7.29. The summed E-state index contributed by atoms with van der Waals surface area (Å²) >= 11 is 1.05. The normalized spacial score (nSPS) is 12.5. The van der Waals surface area contributed by atoms with Gasteiger partial charge in [0.05, 0.1) is 28.5 Å². The Kier molecular flexibility index (Phi) is 7.50. The first-order chi connectivity index (χ1) is 16.4. The van der Waals surface area contributed by atoms with Gasteiger partial charge < -0.3 is 10.1 Å². The summed E-state index contributed by atoms with van der Waals surface area (Å²) in [4.78, 5) is 36.1. The molecular formula is C22H26N4O7S2. The topological polar surface area (TPSA) is 141 Å². The van der Waals surface area contributed by atoms with Crippen molar-refractivity contribution in [1.82, 2.24) is 4.57 Å². The molecule has 11 nitrogen and oxygen atoms in total. The molecule has 0 radical (unpaired) electrons. The monoisotopic (exact) mass is 522 g/mol. The van der Waals surface area contributed by atoms with Crippen molar-refractivity contribution in [3.05, 3.63) is 56.2 Å². The average Bonchev–Trinajstić information content (AvgIpc) is 3.10. The molecule has 1 aromatic heterocycles. The zero-order chi connectivity index (χ0) is 26.1. The van der Waals surface area contributed by atoms with Crippen molar-refractivity contribution in [3.63, 3.8) is 0 Å². The summed E-state index contributed by atoms with van der Waals surface area (Å²) in [6.45, 7) is 5.43. The lowest BCUT2D eigenvalue weighted by Gasteiger charge is -2.30. The van der Waals surface area contributed by atoms with Crippen LogP contribution in [-0.4, -0.2) is 43.2 Å². The number of hydrogen-bond donors (Lipinski definition) is 1. The number of nitrogens with one attached hydrogen (secondary N) is 1. The number of aromatic nitrogens is 1. The summed E-state index contributed by atoms with van der Waals surface area (Å²) in [6.07, 6.45) is 0.989. The first-order valence-electron chi connectivity index (χ1n) is 10.7. The number of nitro groups is 1. The van der Waals surface area contributed by atoms with E-state index in [9.17, 15) is 28.1 Å². The molecule has 0 aliphatic carbocycles. The van der Waals surface area contributed by atoms with Gasteiger partial charge in [-0.3, -0.25) is 28.6 Å². The third-order valence-corrected chi connectivity index (χ3v) is 7.42. The van der Waals surface area contributed by atoms with Crippen LogP contribution in [0.3, 0.4) is 0 Å². The fourth-order valence-electron chi connectivity index (χ4n) is 3.83. The number of sulfonamides is 1. The summed E-state index contributed by atoms with van der Waals surface area (Å²) < 4.78 is 34.0. The van der Waals surface area contributed by atoms with Gasteiger partial charge in [0.1, 0.15) is 17.5 Å². The minimum atomic E-state index is -4.06. The van der Waals surface area contributed by atoms with Gasteiger partial charge in [0.15, 0.2) is 0 Å². The second-order valence-corrected chi connectivity index (χ2v) is 11.0. The number of rotatable bonds is 9. The van der Waals surface area contributed by atoms with Crippen molar-refractivity contribution >= 4 is 54.5 Å². The van der Waals surface area contributed by atoms with Crippen molar-refractivity contribution in [2.24, 2.45) is 0 Å². The molecule has 0 fully saturated rings. The van der Waals surface area contributed by atoms with Gasteiger partial charge in [0, 0.05) is 23.9 Å². The molecule has 2 aromatic carbocycles. The Labute approximate surface area is 206 Å². The molecule has 1 heterocycles. The fraction of sp³-hybridized carbons (Fsp3) is 0.364. The van der Waals surface area contributed by atoms with E-state index in [2.05, 4.69) is 5.32 Å². The molecule has 0 saturated heterocycles. The first-order valence-corrected chi connectivity index (χ1v) is 13.3. The average molecular weight is 523 g/mol. The van der Waals surface area contributed by atoms with E-state index in [1.54, 1.807) is 29.7 Å². The predicted molar refractivity (Wildman–Crippen MR) is 136 cm³/mol. The third kappa shape index (κ3) is 5.30. The molecular weight excluding hydrogens is 496 g/mol. The summed E-state index contributed by atoms with van der Waals surface area (Å²) in [5, 5.41) is 14.0. The SMILES string of the molecule is CCC(C(=O)Nc1ccc2c(c1)sc(=O)n2C(C)C)N(c1cc([N+](=O)[O-])ccc1OC)S(C)(=O)=O. The van der Waals surface area contributed by atoms with E-state index in [1.165, 1.54) is 19.2 Å². The number of thiazole rings is 1. The number of nitro benzene ring substituents is 1. The number of carbonyl (C=O) groups is 1. The maximum atomic E-state index is 13.3. The van der Waals surface area contributed by atoms with Crippen LogP contribution >= 0.6 is 11.3 Å². The standard InChI is InChI=1S/C22H26N4O7S2/c1-6-16(25(35(5,31)32)18-12-15(26(29)30)8-10-19(18)33-4)21(27)23-14-7-9-17-20(11-14)34-22(28)24(17)13(2)3/h7-13,16H,6H2,1-5H3,(H,23,27). The number of fused-ring (bicyclic) bond motifs is 1. The molecule has 3 aromatic rings. The number of hydrogen-bond acceptors (Lipinski definition) is 8. The van der Waals surface area contributed by atoms with Crippen LogP contribution in [0.1, 0.15) is 33.2 Å². The molecule has 1 amide bonds. The van der Waals surface area contributed by atoms with Crippen molar-refractivity contribution < 1.29 is 22.9 Å². The Morgan fingerprint density at radius 3 is 2.49 bits per heavy atom. The minimum absolute atomic E-state index is 0.0330. The zero-order valence-corrected chi connectivity index (χ0v) is 21.5. The zero-order valence-electron chi connectivity index (χ0n) is 19.8. The van der Waals surface area contributed by atoms with Crippen LogP contribution in [0.4, 0.5) is 17.1 Å². The van der Waals surface area contributed by atoms with Crippen LogP contribution in [-0.2, 0) is 14.8 Å². The molecule has 0 aliphatic rings. The Morgan fingerprint density at radius 1 is 1.26 bits per heavy atom. The number of carbonyl (C=O) groups excluding carboxylic acids is 1. The van der Waals surface area contributed by atoms with Gasteiger partial charge in [-0.05, 0) is 44.5 Å². The molecule has 0 bridgehead atoms. The lowest BCUT2D eigenvalue weighted by Crippen LogP contribution is -2.47. The van der Waals surface area contributed by atoms with E-state index < -0.39 is 26.9 Å². The van der Waals surface area contributed by atoms with Gasteiger partial charge in [-0.1, -0.05) is 18.3 Å². The predicted octanol–water partition coefficient (Wildman–Crippen LogP) is 3.74. The molecule has 0 saturated carbocycles. The van der Waals surface area contributed by atoms with E-state index in [4.69, 9.17) is 4.74 Å². The number of nitrogens with zero attached hydrogens (tertiary/aromatic N) is 3. The first kappa shape index (κ1) is 26.2. The highest BCUT2D eigenvalue weighted by Gasteiger charge is 2.34. The van der Waals surface area contributed by atoms with Crippen LogP contribution in [0.2, 0.25) is 0 Å². The minimum Gasteiger partial charge on any atom is -0.495 e. The molecule has 0 spiro atoms. The van der Waals surface area contributed by atoms with Gasteiger partial charge in [-0.2, -0.15) is 0 Å². The number of benzene rings is 2. The maximum absolute atomic E-state index is 13.3. The van der Waals surface area contributed by atoms with Gasteiger partial charge in [0.2, 0.25) is 15.9 Å². The Balaban J connectivity index is 2.03. The molecule has 3 rings (SSSR count). The number of ether oxygens (including phenoxy) is 1. The van der Waals surface area contributed by atoms with Crippen LogP contribution in [0.25, 0.3) is 10.2 Å². The Bertz CT molecular complexity index is 1440. The molecule has 0 aliphatic heterocycles. The van der Waals surface area contributed by atoms with Gasteiger partial charge in [-0.25, -0.2) is 8.42 Å². The molecule has 13 heteroatoms. The second kappa shape index (κ2) is 10.0. The number of amides is 1. The van der Waals surface area contributed by atoms with E-state index >= 15 is 0 Å². The molecule has 188 valence electrons. The molecule has 35 heavy (non-hydrogen) atoms. The second-order valence-electron chi connectivity index (χ2n) is 8.10. The number of methoxy groups -OCH3 is 1. The van der Waals surface area contributed by atoms with Crippen molar-refractivity contribution in [1.29, 1.82) is 0 Å². The number of non-ortho nitro benzene ring substituents is 1. The molecule has 1 N–H and O–H groups in total. The molecule has 1 atom stereocenters. The number of anilines is 2. The van der Waals surface area contributed by atoms with E-state index in [0.29, 0.717) is 10.4 Å². The lowest BCUT2D eigenvalue weighted by atomic mass is 10.1. The van der Waals surface area contributed by atoms with Gasteiger partial charge in [0.25, 0.3) is 5.69 Å². The summed E-state index contributed by atoms with van der Waals surface area (Å²) in [5.74, 6) is -0.574. The van der Waals surface area contributed by atoms with Crippen molar-refractivity contribution in [2.75, 3.05) is 23.0 Å². The lowest BCUT2D eigenvalue weighted by molar-refractivity contribution is -0.384. The van der Waals surface area contributed by atoms with Crippen LogP contribution in [0, 0.1) is 10.1 Å². The van der Waals surface area contributed by atoms with Crippen molar-refractivity contribution in [2.45, 2.75) is 39.3 Å². The highest BCUT2D eigenvalue weighted by molar-refractivity contribution is 7.92. The van der Waals surface area contributed by atoms with Gasteiger partial charge in [-0.15, -0.1) is 0 Å². The van der Waals surface area contributed by atoms with Crippen molar-refractivity contribution in [3.8, 4) is 5.75 Å². The maximum Gasteiger partial charge on any atom is 0.308 e. The highest BCUT2D eigenvalue weighted by atomic mass is 32.2. The Morgan fingerprint density at radius 2 is 1.94 bits per heavy atom. The van der Waals surface area contributed by atoms with Crippen LogP contribution in [0.15, 0.2) is 41.2 Å². The Hall–Kier alpha value is -3.45. The highest BCUT2D eigenvalue weighted by Crippen LogP contribution is 2.36.